The summed E-state index contributed by atoms with van der Waals surface area (Å²) >= 11 is 1.37. The van der Waals surface area contributed by atoms with E-state index in [9.17, 15) is 14.4 Å². The number of hydrogen-bond donors (Lipinski definition) is 0. The van der Waals surface area contributed by atoms with Crippen molar-refractivity contribution < 1.29 is 9.53 Å². The third kappa shape index (κ3) is 3.79. The van der Waals surface area contributed by atoms with Gasteiger partial charge in [-0.1, -0.05) is 0 Å². The first-order valence-electron chi connectivity index (χ1n) is 10.1. The summed E-state index contributed by atoms with van der Waals surface area (Å²) in [6, 6.07) is 6.83. The van der Waals surface area contributed by atoms with E-state index in [0.29, 0.717) is 41.3 Å². The average molecular weight is 430 g/mol. The molecule has 0 saturated carbocycles. The molecule has 0 aliphatic heterocycles. The highest BCUT2D eigenvalue weighted by Gasteiger charge is 2.22. The summed E-state index contributed by atoms with van der Waals surface area (Å²) in [7, 11) is 0. The van der Waals surface area contributed by atoms with Gasteiger partial charge in [0, 0.05) is 18.0 Å². The third-order valence-corrected chi connectivity index (χ3v) is 6.50. The number of thiophene rings is 1. The van der Waals surface area contributed by atoms with Gasteiger partial charge in [0.25, 0.3) is 5.56 Å². The van der Waals surface area contributed by atoms with Crippen molar-refractivity contribution in [1.82, 2.24) is 14.0 Å². The first-order chi connectivity index (χ1) is 14.3. The molecule has 0 saturated heterocycles. The van der Waals surface area contributed by atoms with Gasteiger partial charge in [0.1, 0.15) is 17.1 Å². The molecule has 1 aromatic carbocycles. The van der Waals surface area contributed by atoms with Crippen LogP contribution in [0.3, 0.4) is 0 Å². The van der Waals surface area contributed by atoms with Crippen LogP contribution in [0, 0.1) is 13.8 Å². The lowest BCUT2D eigenvalue weighted by Crippen LogP contribution is -2.42. The number of carbonyl (C=O) groups is 1. The summed E-state index contributed by atoms with van der Waals surface area (Å²) in [5, 5.41) is 0.485. The van der Waals surface area contributed by atoms with E-state index in [0.717, 1.165) is 15.0 Å². The van der Waals surface area contributed by atoms with Gasteiger partial charge >= 0.3 is 5.69 Å². The summed E-state index contributed by atoms with van der Waals surface area (Å²) in [5.74, 6) is 0.513. The second kappa shape index (κ2) is 8.87. The predicted molar refractivity (Wildman–Crippen MR) is 120 cm³/mol. The normalized spacial score (nSPS) is 11.1. The molecule has 8 heteroatoms. The molecule has 0 radical (unpaired) electrons. The number of aryl methyl sites for hydroxylation is 2. The van der Waals surface area contributed by atoms with Crippen molar-refractivity contribution in [3.05, 3.63) is 55.5 Å². The average Bonchev–Trinajstić information content (AvgIpc) is 3.02. The van der Waals surface area contributed by atoms with Crippen LogP contribution >= 0.6 is 11.3 Å². The Balaban J connectivity index is 2.26. The number of amides is 1. The van der Waals surface area contributed by atoms with Crippen molar-refractivity contribution in [2.75, 3.05) is 19.7 Å². The van der Waals surface area contributed by atoms with E-state index < -0.39 is 5.69 Å². The Morgan fingerprint density at radius 1 is 1.07 bits per heavy atom. The molecule has 3 rings (SSSR count). The van der Waals surface area contributed by atoms with E-state index in [1.807, 2.05) is 34.6 Å². The predicted octanol–water partition coefficient (Wildman–Crippen LogP) is 3.10. The minimum absolute atomic E-state index is 0.103. The Kier molecular flexibility index (Phi) is 6.45. The summed E-state index contributed by atoms with van der Waals surface area (Å²) in [4.78, 5) is 42.7. The van der Waals surface area contributed by atoms with Crippen LogP contribution in [0.5, 0.6) is 5.75 Å². The first kappa shape index (κ1) is 21.8. The van der Waals surface area contributed by atoms with E-state index in [1.54, 1.807) is 29.2 Å². The van der Waals surface area contributed by atoms with Crippen molar-refractivity contribution in [3.8, 4) is 11.4 Å². The molecule has 0 spiro atoms. The van der Waals surface area contributed by atoms with Gasteiger partial charge in [0.2, 0.25) is 5.91 Å². The van der Waals surface area contributed by atoms with Gasteiger partial charge < -0.3 is 9.64 Å². The van der Waals surface area contributed by atoms with Crippen LogP contribution in [0.1, 0.15) is 31.2 Å². The Morgan fingerprint density at radius 2 is 1.70 bits per heavy atom. The largest absolute Gasteiger partial charge is 0.494 e. The molecule has 1 amide bonds. The molecule has 2 heterocycles. The maximum absolute atomic E-state index is 13.4. The van der Waals surface area contributed by atoms with E-state index in [1.165, 1.54) is 15.9 Å². The van der Waals surface area contributed by atoms with Crippen LogP contribution in [0.25, 0.3) is 15.9 Å². The lowest BCUT2D eigenvalue weighted by atomic mass is 10.2. The van der Waals surface area contributed by atoms with Crippen molar-refractivity contribution in [3.63, 3.8) is 0 Å². The van der Waals surface area contributed by atoms with Gasteiger partial charge in [-0.15, -0.1) is 11.3 Å². The van der Waals surface area contributed by atoms with E-state index in [4.69, 9.17) is 4.74 Å². The van der Waals surface area contributed by atoms with Crippen LogP contribution in [0.2, 0.25) is 0 Å². The SMILES string of the molecule is CCOc1ccc(-n2c(=O)c3c(C)c(C)sc3n(CC(=O)N(CC)CC)c2=O)cc1. The number of fused-ring (bicyclic) bond motifs is 1. The minimum Gasteiger partial charge on any atom is -0.494 e. The van der Waals surface area contributed by atoms with Crippen molar-refractivity contribution in [2.24, 2.45) is 0 Å². The summed E-state index contributed by atoms with van der Waals surface area (Å²) in [5.41, 5.74) is 0.400. The molecular formula is C22H27N3O4S. The molecule has 0 fully saturated rings. The summed E-state index contributed by atoms with van der Waals surface area (Å²) in [6.45, 7) is 11.0. The van der Waals surface area contributed by atoms with Crippen molar-refractivity contribution in [1.29, 1.82) is 0 Å². The maximum atomic E-state index is 13.4. The zero-order valence-corrected chi connectivity index (χ0v) is 18.8. The number of rotatable bonds is 7. The third-order valence-electron chi connectivity index (χ3n) is 5.27. The van der Waals surface area contributed by atoms with Gasteiger partial charge in [-0.2, -0.15) is 0 Å². The Hall–Kier alpha value is -2.87. The molecular weight excluding hydrogens is 402 g/mol. The van der Waals surface area contributed by atoms with Crippen LogP contribution in [0.4, 0.5) is 0 Å². The topological polar surface area (TPSA) is 73.5 Å². The summed E-state index contributed by atoms with van der Waals surface area (Å²) in [6.07, 6.45) is 0. The molecule has 3 aromatic rings. The van der Waals surface area contributed by atoms with Gasteiger partial charge in [0.15, 0.2) is 0 Å². The zero-order chi connectivity index (χ0) is 22.0. The standard InChI is InChI=1S/C22H27N3O4S/c1-6-23(7-2)18(26)13-24-21-19(14(4)15(5)30-21)20(27)25(22(24)28)16-9-11-17(12-10-16)29-8-3/h9-12H,6-8,13H2,1-5H3. The van der Waals surface area contributed by atoms with Crippen LogP contribution in [-0.2, 0) is 11.3 Å². The Labute approximate surface area is 179 Å². The van der Waals surface area contributed by atoms with E-state index in [2.05, 4.69) is 0 Å². The number of likely N-dealkylation sites (N-methyl/N-ethyl adjacent to an activating group) is 1. The number of hydrogen-bond acceptors (Lipinski definition) is 5. The highest BCUT2D eigenvalue weighted by molar-refractivity contribution is 7.18. The van der Waals surface area contributed by atoms with Gasteiger partial charge in [-0.05, 0) is 64.4 Å². The molecule has 2 aromatic heterocycles. The smallest absolute Gasteiger partial charge is 0.337 e. The fraction of sp³-hybridized carbons (Fsp3) is 0.409. The van der Waals surface area contributed by atoms with E-state index in [-0.39, 0.29) is 18.0 Å². The lowest BCUT2D eigenvalue weighted by Gasteiger charge is -2.20. The maximum Gasteiger partial charge on any atom is 0.337 e. The van der Waals surface area contributed by atoms with Gasteiger partial charge in [-0.25, -0.2) is 9.36 Å². The second-order valence-corrected chi connectivity index (χ2v) is 8.17. The fourth-order valence-electron chi connectivity index (χ4n) is 3.49. The molecule has 30 heavy (non-hydrogen) atoms. The van der Waals surface area contributed by atoms with Crippen molar-refractivity contribution >= 4 is 27.5 Å². The summed E-state index contributed by atoms with van der Waals surface area (Å²) < 4.78 is 8.03. The molecule has 0 atom stereocenters. The lowest BCUT2D eigenvalue weighted by molar-refractivity contribution is -0.131. The molecule has 7 nitrogen and oxygen atoms in total. The fourth-order valence-corrected chi connectivity index (χ4v) is 4.63. The number of benzene rings is 1. The molecule has 160 valence electrons. The molecule has 0 bridgehead atoms. The van der Waals surface area contributed by atoms with Gasteiger partial charge in [-0.3, -0.25) is 14.2 Å². The monoisotopic (exact) mass is 429 g/mol. The van der Waals surface area contributed by atoms with Crippen LogP contribution in [0.15, 0.2) is 33.9 Å². The minimum atomic E-state index is -0.515. The van der Waals surface area contributed by atoms with Crippen LogP contribution in [-0.4, -0.2) is 39.6 Å². The molecule has 0 aliphatic carbocycles. The van der Waals surface area contributed by atoms with Crippen LogP contribution < -0.4 is 16.0 Å². The van der Waals surface area contributed by atoms with Crippen molar-refractivity contribution in [2.45, 2.75) is 41.2 Å². The Bertz CT molecular complexity index is 1180. The van der Waals surface area contributed by atoms with E-state index >= 15 is 0 Å². The first-order valence-corrected chi connectivity index (χ1v) is 10.9. The highest BCUT2D eigenvalue weighted by Crippen LogP contribution is 2.27. The quantitative estimate of drug-likeness (QED) is 0.579. The number of aromatic nitrogens is 2. The second-order valence-electron chi connectivity index (χ2n) is 6.97. The number of carbonyl (C=O) groups excluding carboxylic acids is 1. The number of nitrogens with zero attached hydrogens (tertiary/aromatic N) is 3. The zero-order valence-electron chi connectivity index (χ0n) is 18.0. The molecule has 0 N–H and O–H groups in total. The van der Waals surface area contributed by atoms with Gasteiger partial charge in [0.05, 0.1) is 17.7 Å². The molecule has 0 unspecified atom stereocenters. The Morgan fingerprint density at radius 3 is 2.27 bits per heavy atom. The highest BCUT2D eigenvalue weighted by atomic mass is 32.1. The number of ether oxygens (including phenoxy) is 1. The molecule has 0 aliphatic rings.